The van der Waals surface area contributed by atoms with Crippen molar-refractivity contribution in [1.29, 1.82) is 0 Å². The number of carboxylic acid groups (broad SMARTS) is 2. The molecule has 0 saturated carbocycles. The van der Waals surface area contributed by atoms with Gasteiger partial charge in [0.2, 0.25) is 5.91 Å². The molecule has 0 fully saturated rings. The second-order valence-electron chi connectivity index (χ2n) is 3.37. The van der Waals surface area contributed by atoms with Crippen LogP contribution in [0.25, 0.3) is 0 Å². The van der Waals surface area contributed by atoms with Crippen LogP contribution in [-0.2, 0) is 14.4 Å². The van der Waals surface area contributed by atoms with Gasteiger partial charge in [-0.3, -0.25) is 4.79 Å². The largest absolute Gasteiger partial charge is 0.482 e. The number of rotatable bonds is 6. The average Bonchev–Trinajstić information content (AvgIpc) is 2.35. The van der Waals surface area contributed by atoms with Crippen molar-refractivity contribution < 1.29 is 29.3 Å². The molecule has 7 nitrogen and oxygen atoms in total. The van der Waals surface area contributed by atoms with Crippen molar-refractivity contribution in [2.24, 2.45) is 0 Å². The first kappa shape index (κ1) is 14.2. The molecule has 0 aliphatic carbocycles. The lowest BCUT2D eigenvalue weighted by molar-refractivity contribution is -0.139. The number of carbonyl (C=O) groups is 3. The van der Waals surface area contributed by atoms with Gasteiger partial charge in [-0.05, 0) is 24.3 Å². The van der Waals surface area contributed by atoms with E-state index in [1.54, 1.807) is 0 Å². The molecule has 1 rings (SSSR count). The van der Waals surface area contributed by atoms with Crippen LogP contribution in [0.3, 0.4) is 0 Å². The number of hydrogen-bond acceptors (Lipinski definition) is 4. The fourth-order valence-electron chi connectivity index (χ4n) is 1.11. The van der Waals surface area contributed by atoms with Crippen LogP contribution in [0.4, 0.5) is 5.69 Å². The molecule has 0 aromatic heterocycles. The summed E-state index contributed by atoms with van der Waals surface area (Å²) in [4.78, 5) is 31.7. The molecule has 3 N–H and O–H groups in total. The van der Waals surface area contributed by atoms with E-state index < -0.39 is 24.5 Å². The van der Waals surface area contributed by atoms with Gasteiger partial charge in [0.15, 0.2) is 6.61 Å². The zero-order valence-electron chi connectivity index (χ0n) is 9.70. The fourth-order valence-corrected chi connectivity index (χ4v) is 1.11. The standard InChI is InChI=1S/C12H11NO6/c14-10(5-6-11(15)16)13-8-1-3-9(4-2-8)19-7-12(17)18/h1-6H,7H2,(H,13,14)(H,15,16)(H,17,18)/b6-5+. The fraction of sp³-hybridized carbons (Fsp3) is 0.0833. The molecular weight excluding hydrogens is 254 g/mol. The first-order valence-corrected chi connectivity index (χ1v) is 5.14. The van der Waals surface area contributed by atoms with Crippen molar-refractivity contribution in [3.63, 3.8) is 0 Å². The molecular formula is C12H11NO6. The molecule has 0 radical (unpaired) electrons. The van der Waals surface area contributed by atoms with Crippen LogP contribution in [0.1, 0.15) is 0 Å². The zero-order chi connectivity index (χ0) is 14.3. The molecule has 0 heterocycles. The summed E-state index contributed by atoms with van der Waals surface area (Å²) in [6.45, 7) is -0.451. The average molecular weight is 265 g/mol. The Morgan fingerprint density at radius 2 is 1.74 bits per heavy atom. The van der Waals surface area contributed by atoms with E-state index >= 15 is 0 Å². The van der Waals surface area contributed by atoms with E-state index in [4.69, 9.17) is 14.9 Å². The van der Waals surface area contributed by atoms with E-state index in [9.17, 15) is 14.4 Å². The van der Waals surface area contributed by atoms with Crippen LogP contribution < -0.4 is 10.1 Å². The molecule has 0 spiro atoms. The van der Waals surface area contributed by atoms with Crippen LogP contribution in [0.2, 0.25) is 0 Å². The van der Waals surface area contributed by atoms with E-state index in [0.29, 0.717) is 11.4 Å². The topological polar surface area (TPSA) is 113 Å². The van der Waals surface area contributed by atoms with E-state index in [-0.39, 0.29) is 0 Å². The maximum absolute atomic E-state index is 11.2. The van der Waals surface area contributed by atoms with Crippen molar-refractivity contribution in [1.82, 2.24) is 0 Å². The molecule has 0 aliphatic rings. The summed E-state index contributed by atoms with van der Waals surface area (Å²) in [5.41, 5.74) is 0.433. The Kier molecular flexibility index (Phi) is 5.09. The molecule has 1 amide bonds. The van der Waals surface area contributed by atoms with Gasteiger partial charge in [0.1, 0.15) is 5.75 Å². The Morgan fingerprint density at radius 1 is 1.11 bits per heavy atom. The Labute approximate surface area is 108 Å². The van der Waals surface area contributed by atoms with Gasteiger partial charge in [-0.25, -0.2) is 9.59 Å². The monoisotopic (exact) mass is 265 g/mol. The molecule has 0 atom stereocenters. The molecule has 0 saturated heterocycles. The normalized spacial score (nSPS) is 10.1. The van der Waals surface area contributed by atoms with Gasteiger partial charge in [0, 0.05) is 17.8 Å². The van der Waals surface area contributed by atoms with Crippen molar-refractivity contribution >= 4 is 23.5 Å². The number of carbonyl (C=O) groups excluding carboxylic acids is 1. The number of amides is 1. The molecule has 7 heteroatoms. The molecule has 0 aliphatic heterocycles. The van der Waals surface area contributed by atoms with E-state index in [0.717, 1.165) is 12.2 Å². The van der Waals surface area contributed by atoms with Crippen molar-refractivity contribution in [2.45, 2.75) is 0 Å². The van der Waals surface area contributed by atoms with E-state index in [1.165, 1.54) is 24.3 Å². The third-order valence-electron chi connectivity index (χ3n) is 1.86. The Hall–Kier alpha value is -2.83. The van der Waals surface area contributed by atoms with Crippen molar-refractivity contribution in [3.8, 4) is 5.75 Å². The number of nitrogens with one attached hydrogen (secondary N) is 1. The third-order valence-corrected chi connectivity index (χ3v) is 1.86. The number of carboxylic acids is 2. The SMILES string of the molecule is O=C(O)/C=C/C(=O)Nc1ccc(OCC(=O)O)cc1. The van der Waals surface area contributed by atoms with Gasteiger partial charge < -0.3 is 20.3 Å². The number of anilines is 1. The quantitative estimate of drug-likeness (QED) is 0.653. The highest BCUT2D eigenvalue weighted by molar-refractivity contribution is 6.02. The summed E-state index contributed by atoms with van der Waals surface area (Å²) in [5.74, 6) is -2.54. The minimum absolute atomic E-state index is 0.349. The lowest BCUT2D eigenvalue weighted by Crippen LogP contribution is -2.10. The van der Waals surface area contributed by atoms with Crippen LogP contribution in [0.5, 0.6) is 5.75 Å². The summed E-state index contributed by atoms with van der Waals surface area (Å²) in [7, 11) is 0. The van der Waals surface area contributed by atoms with Gasteiger partial charge in [0.25, 0.3) is 0 Å². The Bertz CT molecular complexity index is 505. The molecule has 0 unspecified atom stereocenters. The predicted octanol–water partition coefficient (Wildman–Crippen LogP) is 0.729. The summed E-state index contributed by atoms with van der Waals surface area (Å²) < 4.78 is 4.90. The summed E-state index contributed by atoms with van der Waals surface area (Å²) >= 11 is 0. The second-order valence-corrected chi connectivity index (χ2v) is 3.37. The minimum Gasteiger partial charge on any atom is -0.482 e. The highest BCUT2D eigenvalue weighted by Gasteiger charge is 2.01. The number of aliphatic carboxylic acids is 2. The van der Waals surface area contributed by atoms with Gasteiger partial charge in [-0.15, -0.1) is 0 Å². The number of ether oxygens (including phenoxy) is 1. The van der Waals surface area contributed by atoms with Crippen molar-refractivity contribution in [3.05, 3.63) is 36.4 Å². The van der Waals surface area contributed by atoms with E-state index in [2.05, 4.69) is 5.32 Å². The molecule has 1 aromatic rings. The van der Waals surface area contributed by atoms with Gasteiger partial charge in [-0.1, -0.05) is 0 Å². The maximum Gasteiger partial charge on any atom is 0.341 e. The summed E-state index contributed by atoms with van der Waals surface area (Å²) in [5, 5.41) is 19.2. The first-order valence-electron chi connectivity index (χ1n) is 5.14. The number of benzene rings is 1. The van der Waals surface area contributed by atoms with E-state index in [1.807, 2.05) is 0 Å². The highest BCUT2D eigenvalue weighted by atomic mass is 16.5. The summed E-state index contributed by atoms with van der Waals surface area (Å²) in [6, 6.07) is 5.98. The van der Waals surface area contributed by atoms with Crippen LogP contribution >= 0.6 is 0 Å². The second kappa shape index (κ2) is 6.80. The number of hydrogen-bond donors (Lipinski definition) is 3. The Morgan fingerprint density at radius 3 is 2.26 bits per heavy atom. The Balaban J connectivity index is 2.54. The minimum atomic E-state index is -1.22. The summed E-state index contributed by atoms with van der Waals surface area (Å²) in [6.07, 6.45) is 1.61. The third kappa shape index (κ3) is 5.87. The van der Waals surface area contributed by atoms with Gasteiger partial charge >= 0.3 is 11.9 Å². The lowest BCUT2D eigenvalue weighted by Gasteiger charge is -2.05. The first-order chi connectivity index (χ1) is 8.97. The zero-order valence-corrected chi connectivity index (χ0v) is 9.70. The van der Waals surface area contributed by atoms with Crippen LogP contribution in [-0.4, -0.2) is 34.7 Å². The van der Waals surface area contributed by atoms with Crippen LogP contribution in [0.15, 0.2) is 36.4 Å². The smallest absolute Gasteiger partial charge is 0.341 e. The predicted molar refractivity (Wildman–Crippen MR) is 65.0 cm³/mol. The highest BCUT2D eigenvalue weighted by Crippen LogP contribution is 2.15. The molecule has 100 valence electrons. The van der Waals surface area contributed by atoms with Crippen LogP contribution in [0, 0.1) is 0 Å². The van der Waals surface area contributed by atoms with Gasteiger partial charge in [-0.2, -0.15) is 0 Å². The lowest BCUT2D eigenvalue weighted by atomic mass is 10.3. The molecule has 0 bridgehead atoms. The van der Waals surface area contributed by atoms with Gasteiger partial charge in [0.05, 0.1) is 0 Å². The molecule has 1 aromatic carbocycles. The maximum atomic E-state index is 11.2. The van der Waals surface area contributed by atoms with Crippen molar-refractivity contribution in [2.75, 3.05) is 11.9 Å². The molecule has 19 heavy (non-hydrogen) atoms.